The molecule has 2 saturated heterocycles. The predicted molar refractivity (Wildman–Crippen MR) is 117 cm³/mol. The van der Waals surface area contributed by atoms with Crippen molar-refractivity contribution in [3.63, 3.8) is 0 Å². The first-order chi connectivity index (χ1) is 15.5. The maximum Gasteiger partial charge on any atom is 0.317 e. The van der Waals surface area contributed by atoms with E-state index in [0.29, 0.717) is 38.4 Å². The van der Waals surface area contributed by atoms with Crippen LogP contribution in [0.3, 0.4) is 0 Å². The van der Waals surface area contributed by atoms with Crippen molar-refractivity contribution >= 4 is 17.6 Å². The first kappa shape index (κ1) is 22.1. The van der Waals surface area contributed by atoms with Crippen LogP contribution in [-0.2, 0) is 0 Å². The lowest BCUT2D eigenvalue weighted by atomic mass is 10.2. The quantitative estimate of drug-likeness (QED) is 0.751. The summed E-state index contributed by atoms with van der Waals surface area (Å²) in [6.45, 7) is 8.59. The van der Waals surface area contributed by atoms with Gasteiger partial charge in [-0.3, -0.25) is 9.69 Å². The molecule has 1 N–H and O–H groups in total. The molecule has 3 heterocycles. The molecule has 2 fully saturated rings. The Morgan fingerprint density at radius 2 is 1.66 bits per heavy atom. The zero-order chi connectivity index (χ0) is 22.5. The monoisotopic (exact) mass is 444 g/mol. The van der Waals surface area contributed by atoms with Gasteiger partial charge in [-0.05, 0) is 31.2 Å². The number of nitrogens with zero attached hydrogens (tertiary/aromatic N) is 5. The highest BCUT2D eigenvalue weighted by molar-refractivity contribution is 5.91. The predicted octanol–water partition coefficient (Wildman–Crippen LogP) is 1.41. The summed E-state index contributed by atoms with van der Waals surface area (Å²) in [5, 5.41) is 6.74. The number of hydrogen-bond donors (Lipinski definition) is 1. The van der Waals surface area contributed by atoms with Crippen LogP contribution in [0, 0.1) is 12.7 Å². The van der Waals surface area contributed by atoms with Crippen LogP contribution in [0.4, 0.5) is 14.9 Å². The minimum absolute atomic E-state index is 0.0995. The lowest BCUT2D eigenvalue weighted by Crippen LogP contribution is -2.54. The number of urea groups is 1. The minimum Gasteiger partial charge on any atom is -0.369 e. The number of aryl methyl sites for hydroxylation is 1. The molecule has 2 aliphatic heterocycles. The topological polar surface area (TPSA) is 85.2 Å². The van der Waals surface area contributed by atoms with Crippen molar-refractivity contribution in [2.45, 2.75) is 6.92 Å². The molecule has 1 aromatic heterocycles. The van der Waals surface area contributed by atoms with Gasteiger partial charge in [-0.15, -0.1) is 0 Å². The summed E-state index contributed by atoms with van der Waals surface area (Å²) in [5.41, 5.74) is 1.71. The van der Waals surface area contributed by atoms with Crippen LogP contribution in [0.25, 0.3) is 0 Å². The van der Waals surface area contributed by atoms with Gasteiger partial charge in [0.2, 0.25) is 5.76 Å². The fourth-order valence-electron chi connectivity index (χ4n) is 4.05. The number of hydrogen-bond acceptors (Lipinski definition) is 6. The zero-order valence-electron chi connectivity index (χ0n) is 18.3. The molecule has 9 nitrogen and oxygen atoms in total. The van der Waals surface area contributed by atoms with E-state index in [4.69, 9.17) is 4.52 Å². The molecular weight excluding hydrogens is 415 g/mol. The Kier molecular flexibility index (Phi) is 6.89. The largest absolute Gasteiger partial charge is 0.369 e. The number of carbonyl (C=O) groups is 2. The van der Waals surface area contributed by atoms with Crippen LogP contribution < -0.4 is 10.2 Å². The van der Waals surface area contributed by atoms with Gasteiger partial charge < -0.3 is 24.5 Å². The molecular formula is C22H29FN6O3. The number of carbonyl (C=O) groups excluding carboxylic acids is 2. The van der Waals surface area contributed by atoms with Crippen LogP contribution in [0.15, 0.2) is 34.9 Å². The van der Waals surface area contributed by atoms with E-state index in [1.807, 2.05) is 12.1 Å². The van der Waals surface area contributed by atoms with E-state index < -0.39 is 0 Å². The van der Waals surface area contributed by atoms with Crippen molar-refractivity contribution in [2.75, 3.05) is 70.3 Å². The molecule has 2 aliphatic rings. The molecule has 0 radical (unpaired) electrons. The normalized spacial score (nSPS) is 17.5. The first-order valence-corrected chi connectivity index (χ1v) is 11.0. The van der Waals surface area contributed by atoms with Gasteiger partial charge >= 0.3 is 6.03 Å². The Morgan fingerprint density at radius 3 is 2.28 bits per heavy atom. The van der Waals surface area contributed by atoms with Gasteiger partial charge in [0.05, 0.1) is 5.69 Å². The number of anilines is 1. The number of piperazine rings is 2. The summed E-state index contributed by atoms with van der Waals surface area (Å²) in [5.74, 6) is -0.175. The van der Waals surface area contributed by atoms with Crippen LogP contribution in [-0.4, -0.2) is 97.2 Å². The second kappa shape index (κ2) is 9.99. The second-order valence-electron chi connectivity index (χ2n) is 8.15. The third-order valence-electron chi connectivity index (χ3n) is 5.96. The minimum atomic E-state index is -0.221. The number of aromatic nitrogens is 1. The van der Waals surface area contributed by atoms with Crippen LogP contribution in [0.1, 0.15) is 16.2 Å². The Balaban J connectivity index is 1.13. The van der Waals surface area contributed by atoms with Gasteiger partial charge in [-0.1, -0.05) is 5.16 Å². The number of amides is 3. The molecule has 2 aromatic rings. The number of halogens is 1. The van der Waals surface area contributed by atoms with E-state index in [2.05, 4.69) is 20.3 Å². The molecule has 0 spiro atoms. The van der Waals surface area contributed by atoms with Gasteiger partial charge in [0.25, 0.3) is 5.91 Å². The van der Waals surface area contributed by atoms with Gasteiger partial charge in [0.15, 0.2) is 0 Å². The lowest BCUT2D eigenvalue weighted by molar-refractivity contribution is 0.0624. The van der Waals surface area contributed by atoms with Gasteiger partial charge in [0.1, 0.15) is 5.82 Å². The van der Waals surface area contributed by atoms with E-state index in [1.165, 1.54) is 12.1 Å². The van der Waals surface area contributed by atoms with Gasteiger partial charge in [0, 0.05) is 77.2 Å². The van der Waals surface area contributed by atoms with E-state index >= 15 is 0 Å². The standard InChI is InChI=1S/C22H29FN6O3/c1-17-16-20(32-25-17)21(30)28-12-14-29(15-13-28)22(31)24-6-7-26-8-10-27(11-9-26)19-4-2-18(23)3-5-19/h2-5,16H,6-15H2,1H3,(H,24,31). The molecule has 0 saturated carbocycles. The van der Waals surface area contributed by atoms with E-state index in [0.717, 1.165) is 38.4 Å². The SMILES string of the molecule is Cc1cc(C(=O)N2CCN(C(=O)NCCN3CCN(c4ccc(F)cc4)CC3)CC2)on1. The molecule has 32 heavy (non-hydrogen) atoms. The summed E-state index contributed by atoms with van der Waals surface area (Å²) in [7, 11) is 0. The molecule has 3 amide bonds. The molecule has 0 unspecified atom stereocenters. The molecule has 10 heteroatoms. The number of rotatable bonds is 5. The summed E-state index contributed by atoms with van der Waals surface area (Å²) in [6.07, 6.45) is 0. The summed E-state index contributed by atoms with van der Waals surface area (Å²) in [6, 6.07) is 8.12. The van der Waals surface area contributed by atoms with E-state index in [9.17, 15) is 14.0 Å². The third-order valence-corrected chi connectivity index (χ3v) is 5.96. The Hall–Kier alpha value is -3.14. The summed E-state index contributed by atoms with van der Waals surface area (Å²) in [4.78, 5) is 32.9. The fraction of sp³-hybridized carbons (Fsp3) is 0.500. The van der Waals surface area contributed by atoms with Crippen molar-refractivity contribution in [1.82, 2.24) is 25.2 Å². The molecule has 0 aliphatic carbocycles. The Morgan fingerprint density at radius 1 is 1.00 bits per heavy atom. The maximum absolute atomic E-state index is 13.1. The molecule has 1 aromatic carbocycles. The Labute approximate surface area is 186 Å². The average Bonchev–Trinajstić information content (AvgIpc) is 3.26. The number of benzene rings is 1. The first-order valence-electron chi connectivity index (χ1n) is 11.0. The van der Waals surface area contributed by atoms with Crippen molar-refractivity contribution < 1.29 is 18.5 Å². The maximum atomic E-state index is 13.1. The summed E-state index contributed by atoms with van der Waals surface area (Å²) < 4.78 is 18.1. The van der Waals surface area contributed by atoms with Gasteiger partial charge in [-0.25, -0.2) is 9.18 Å². The van der Waals surface area contributed by atoms with Crippen LogP contribution >= 0.6 is 0 Å². The highest BCUT2D eigenvalue weighted by Crippen LogP contribution is 2.16. The second-order valence-corrected chi connectivity index (χ2v) is 8.15. The van der Waals surface area contributed by atoms with E-state index in [-0.39, 0.29) is 23.5 Å². The van der Waals surface area contributed by atoms with Crippen LogP contribution in [0.2, 0.25) is 0 Å². The average molecular weight is 445 g/mol. The third kappa shape index (κ3) is 5.37. The van der Waals surface area contributed by atoms with Crippen LogP contribution in [0.5, 0.6) is 0 Å². The highest BCUT2D eigenvalue weighted by atomic mass is 19.1. The number of nitrogens with one attached hydrogen (secondary N) is 1. The van der Waals surface area contributed by atoms with Crippen molar-refractivity contribution in [1.29, 1.82) is 0 Å². The van der Waals surface area contributed by atoms with E-state index in [1.54, 1.807) is 22.8 Å². The molecule has 4 rings (SSSR count). The van der Waals surface area contributed by atoms with Crippen molar-refractivity contribution in [2.24, 2.45) is 0 Å². The summed E-state index contributed by atoms with van der Waals surface area (Å²) >= 11 is 0. The lowest BCUT2D eigenvalue weighted by Gasteiger charge is -2.36. The molecule has 0 bridgehead atoms. The highest BCUT2D eigenvalue weighted by Gasteiger charge is 2.27. The molecule has 0 atom stereocenters. The van der Waals surface area contributed by atoms with Crippen molar-refractivity contribution in [3.05, 3.63) is 47.6 Å². The smallest absolute Gasteiger partial charge is 0.317 e. The fourth-order valence-corrected chi connectivity index (χ4v) is 4.05. The van der Waals surface area contributed by atoms with Gasteiger partial charge in [-0.2, -0.15) is 0 Å². The Bertz CT molecular complexity index is 918. The van der Waals surface area contributed by atoms with Crippen molar-refractivity contribution in [3.8, 4) is 0 Å². The zero-order valence-corrected chi connectivity index (χ0v) is 18.3. The molecule has 172 valence electrons.